The predicted octanol–water partition coefficient (Wildman–Crippen LogP) is 4.50. The average Bonchev–Trinajstić information content (AvgIpc) is 2.87. The van der Waals surface area contributed by atoms with Crippen LogP contribution in [0.3, 0.4) is 0 Å². The van der Waals surface area contributed by atoms with Crippen LogP contribution in [-0.2, 0) is 22.6 Å². The molecule has 6 nitrogen and oxygen atoms in total. The van der Waals surface area contributed by atoms with Gasteiger partial charge in [-0.2, -0.15) is 0 Å². The molecule has 0 aliphatic heterocycles. The van der Waals surface area contributed by atoms with E-state index in [-0.39, 0.29) is 25.0 Å². The highest BCUT2D eigenvalue weighted by Crippen LogP contribution is 2.15. The van der Waals surface area contributed by atoms with Crippen LogP contribution >= 0.6 is 11.6 Å². The molecule has 0 bridgehead atoms. The number of ether oxygens (including phenoxy) is 2. The van der Waals surface area contributed by atoms with E-state index in [1.165, 1.54) is 4.90 Å². The van der Waals surface area contributed by atoms with E-state index in [1.807, 2.05) is 54.6 Å². The highest BCUT2D eigenvalue weighted by atomic mass is 35.5. The summed E-state index contributed by atoms with van der Waals surface area (Å²) < 4.78 is 10.8. The summed E-state index contributed by atoms with van der Waals surface area (Å²) in [6.45, 7) is 2.28. The zero-order valence-corrected chi connectivity index (χ0v) is 20.1. The molecule has 0 radical (unpaired) electrons. The molecule has 0 aromatic heterocycles. The molecule has 3 rings (SSSR count). The molecular weight excluding hydrogens is 452 g/mol. The van der Waals surface area contributed by atoms with Gasteiger partial charge in [0, 0.05) is 18.1 Å². The van der Waals surface area contributed by atoms with Crippen molar-refractivity contribution in [2.45, 2.75) is 25.9 Å². The maximum atomic E-state index is 13.1. The van der Waals surface area contributed by atoms with Gasteiger partial charge < -0.3 is 19.7 Å². The number of halogens is 1. The van der Waals surface area contributed by atoms with Crippen molar-refractivity contribution in [3.8, 4) is 11.5 Å². The molecule has 3 aromatic carbocycles. The minimum Gasteiger partial charge on any atom is -0.497 e. The maximum Gasteiger partial charge on any atom is 0.261 e. The van der Waals surface area contributed by atoms with Crippen LogP contribution in [0.1, 0.15) is 18.1 Å². The third-order valence-electron chi connectivity index (χ3n) is 5.41. The van der Waals surface area contributed by atoms with Crippen molar-refractivity contribution in [1.29, 1.82) is 0 Å². The van der Waals surface area contributed by atoms with Crippen LogP contribution in [0.5, 0.6) is 11.5 Å². The quantitative estimate of drug-likeness (QED) is 0.438. The van der Waals surface area contributed by atoms with Crippen molar-refractivity contribution in [2.24, 2.45) is 0 Å². The number of nitrogens with zero attached hydrogens (tertiary/aromatic N) is 1. The van der Waals surface area contributed by atoms with Gasteiger partial charge in [-0.25, -0.2) is 0 Å². The largest absolute Gasteiger partial charge is 0.497 e. The topological polar surface area (TPSA) is 67.9 Å². The lowest BCUT2D eigenvalue weighted by Crippen LogP contribution is -2.49. The van der Waals surface area contributed by atoms with Crippen molar-refractivity contribution in [3.05, 3.63) is 95.0 Å². The Kier molecular flexibility index (Phi) is 9.35. The molecule has 0 saturated carbocycles. The van der Waals surface area contributed by atoms with Gasteiger partial charge in [-0.1, -0.05) is 54.1 Å². The van der Waals surface area contributed by atoms with E-state index in [1.54, 1.807) is 38.3 Å². The summed E-state index contributed by atoms with van der Waals surface area (Å²) in [6.07, 6.45) is 0.671. The lowest BCUT2D eigenvalue weighted by molar-refractivity contribution is -0.142. The molecule has 0 saturated heterocycles. The summed E-state index contributed by atoms with van der Waals surface area (Å²) in [6, 6.07) is 23.4. The fraction of sp³-hybridized carbons (Fsp3) is 0.259. The molecule has 7 heteroatoms. The first-order chi connectivity index (χ1) is 16.5. The Morgan fingerprint density at radius 2 is 1.56 bits per heavy atom. The number of hydrogen-bond donors (Lipinski definition) is 1. The number of rotatable bonds is 11. The number of benzene rings is 3. The molecule has 34 heavy (non-hydrogen) atoms. The molecule has 0 spiro atoms. The minimum atomic E-state index is -0.682. The first kappa shape index (κ1) is 25.1. The van der Waals surface area contributed by atoms with Crippen molar-refractivity contribution in [2.75, 3.05) is 20.3 Å². The summed E-state index contributed by atoms with van der Waals surface area (Å²) in [5.41, 5.74) is 1.95. The molecule has 0 fully saturated rings. The zero-order valence-electron chi connectivity index (χ0n) is 19.4. The first-order valence-electron chi connectivity index (χ1n) is 11.1. The Hall–Kier alpha value is -3.51. The van der Waals surface area contributed by atoms with E-state index in [4.69, 9.17) is 21.1 Å². The highest BCUT2D eigenvalue weighted by Gasteiger charge is 2.26. The van der Waals surface area contributed by atoms with E-state index in [0.29, 0.717) is 23.7 Å². The van der Waals surface area contributed by atoms with Gasteiger partial charge in [-0.05, 0) is 60.9 Å². The second-order valence-electron chi connectivity index (χ2n) is 7.81. The van der Waals surface area contributed by atoms with E-state index in [9.17, 15) is 9.59 Å². The Balaban J connectivity index is 1.62. The van der Waals surface area contributed by atoms with Gasteiger partial charge in [0.05, 0.1) is 7.11 Å². The van der Waals surface area contributed by atoms with Crippen LogP contribution in [-0.4, -0.2) is 43.0 Å². The van der Waals surface area contributed by atoms with Gasteiger partial charge in [0.15, 0.2) is 6.61 Å². The number of carbonyl (C=O) groups is 2. The summed E-state index contributed by atoms with van der Waals surface area (Å²) in [5.74, 6) is 0.876. The van der Waals surface area contributed by atoms with Gasteiger partial charge in [-0.3, -0.25) is 9.59 Å². The Labute approximate surface area is 205 Å². The highest BCUT2D eigenvalue weighted by molar-refractivity contribution is 6.30. The van der Waals surface area contributed by atoms with Crippen molar-refractivity contribution in [3.63, 3.8) is 0 Å². The number of carbonyl (C=O) groups excluding carboxylic acids is 2. The molecule has 1 atom stereocenters. The zero-order chi connectivity index (χ0) is 24.3. The Morgan fingerprint density at radius 1 is 0.912 bits per heavy atom. The Bertz CT molecular complexity index is 1060. The van der Waals surface area contributed by atoms with Gasteiger partial charge in [-0.15, -0.1) is 0 Å². The fourth-order valence-electron chi connectivity index (χ4n) is 3.38. The SMILES string of the molecule is COc1ccc(CCNC(=O)[C@@H](C)N(Cc2ccc(Cl)cc2)C(=O)COc2ccccc2)cc1. The van der Waals surface area contributed by atoms with Crippen LogP contribution < -0.4 is 14.8 Å². The number of amides is 2. The van der Waals surface area contributed by atoms with Gasteiger partial charge >= 0.3 is 0 Å². The molecule has 0 heterocycles. The van der Waals surface area contributed by atoms with Gasteiger partial charge in [0.25, 0.3) is 5.91 Å². The standard InChI is InChI=1S/C27H29ClN2O4/c1-20(27(32)29-17-16-21-10-14-24(33-2)15-11-21)30(18-22-8-12-23(28)13-9-22)26(31)19-34-25-6-4-3-5-7-25/h3-15,20H,16-19H2,1-2H3,(H,29,32)/t20-/m1/s1. The molecule has 0 unspecified atom stereocenters. The van der Waals surface area contributed by atoms with Gasteiger partial charge in [0.1, 0.15) is 17.5 Å². The third-order valence-corrected chi connectivity index (χ3v) is 5.66. The average molecular weight is 481 g/mol. The first-order valence-corrected chi connectivity index (χ1v) is 11.5. The lowest BCUT2D eigenvalue weighted by Gasteiger charge is -2.28. The van der Waals surface area contributed by atoms with E-state index >= 15 is 0 Å². The molecule has 0 aliphatic carbocycles. The summed E-state index contributed by atoms with van der Waals surface area (Å²) in [5, 5.41) is 3.55. The van der Waals surface area contributed by atoms with Crippen LogP contribution in [0.15, 0.2) is 78.9 Å². The number of hydrogen-bond acceptors (Lipinski definition) is 4. The summed E-state index contributed by atoms with van der Waals surface area (Å²) in [7, 11) is 1.62. The Morgan fingerprint density at radius 3 is 2.21 bits per heavy atom. The number of methoxy groups -OCH3 is 1. The molecule has 3 aromatic rings. The lowest BCUT2D eigenvalue weighted by atomic mass is 10.1. The maximum absolute atomic E-state index is 13.1. The number of para-hydroxylation sites is 1. The summed E-state index contributed by atoms with van der Waals surface area (Å²) in [4.78, 5) is 27.5. The summed E-state index contributed by atoms with van der Waals surface area (Å²) >= 11 is 5.99. The fourth-order valence-corrected chi connectivity index (χ4v) is 3.51. The minimum absolute atomic E-state index is 0.166. The monoisotopic (exact) mass is 480 g/mol. The van der Waals surface area contributed by atoms with Crippen LogP contribution in [0.2, 0.25) is 5.02 Å². The number of nitrogens with one attached hydrogen (secondary N) is 1. The molecule has 178 valence electrons. The molecule has 0 aliphatic rings. The normalized spacial score (nSPS) is 11.4. The van der Waals surface area contributed by atoms with Crippen LogP contribution in [0, 0.1) is 0 Å². The van der Waals surface area contributed by atoms with Crippen LogP contribution in [0.4, 0.5) is 0 Å². The molecular formula is C27H29ClN2O4. The van der Waals surface area contributed by atoms with Crippen molar-refractivity contribution < 1.29 is 19.1 Å². The van der Waals surface area contributed by atoms with Crippen molar-refractivity contribution >= 4 is 23.4 Å². The predicted molar refractivity (Wildman–Crippen MR) is 133 cm³/mol. The van der Waals surface area contributed by atoms with E-state index in [2.05, 4.69) is 5.32 Å². The second kappa shape index (κ2) is 12.7. The second-order valence-corrected chi connectivity index (χ2v) is 8.25. The van der Waals surface area contributed by atoms with E-state index in [0.717, 1.165) is 16.9 Å². The molecule has 1 N–H and O–H groups in total. The van der Waals surface area contributed by atoms with E-state index < -0.39 is 6.04 Å². The van der Waals surface area contributed by atoms with Gasteiger partial charge in [0.2, 0.25) is 5.91 Å². The smallest absolute Gasteiger partial charge is 0.261 e. The van der Waals surface area contributed by atoms with Crippen molar-refractivity contribution in [1.82, 2.24) is 10.2 Å². The van der Waals surface area contributed by atoms with Crippen LogP contribution in [0.25, 0.3) is 0 Å². The third kappa shape index (κ3) is 7.52. The molecule has 2 amide bonds.